The van der Waals surface area contributed by atoms with Gasteiger partial charge in [0.1, 0.15) is 5.01 Å². The summed E-state index contributed by atoms with van der Waals surface area (Å²) in [5, 5.41) is 14.0. The minimum absolute atomic E-state index is 0.100. The lowest BCUT2D eigenvalue weighted by atomic mass is 10.1. The number of rotatable bonds is 4. The summed E-state index contributed by atoms with van der Waals surface area (Å²) in [6, 6.07) is 14.7. The van der Waals surface area contributed by atoms with E-state index in [1.807, 2.05) is 25.2 Å². The zero-order valence-electron chi connectivity index (χ0n) is 11.3. The number of nitrogens with one attached hydrogen (secondary N) is 1. The van der Waals surface area contributed by atoms with E-state index in [-0.39, 0.29) is 6.04 Å². The number of nitrogens with zero attached hydrogens (tertiary/aromatic N) is 2. The first-order chi connectivity index (χ1) is 9.78. The lowest BCUT2D eigenvalue weighted by Gasteiger charge is -2.12. The van der Waals surface area contributed by atoms with Gasteiger partial charge in [0.2, 0.25) is 0 Å². The van der Waals surface area contributed by atoms with Crippen molar-refractivity contribution in [3.63, 3.8) is 0 Å². The zero-order valence-corrected chi connectivity index (χ0v) is 13.0. The monoisotopic (exact) mass is 301 g/mol. The van der Waals surface area contributed by atoms with E-state index in [4.69, 9.17) is 0 Å². The van der Waals surface area contributed by atoms with E-state index >= 15 is 0 Å². The molecule has 0 aliphatic heterocycles. The van der Waals surface area contributed by atoms with Crippen molar-refractivity contribution < 1.29 is 0 Å². The molecule has 2 aromatic heterocycles. The third-order valence-corrected chi connectivity index (χ3v) is 5.22. The molecular weight excluding hydrogens is 286 g/mol. The molecule has 0 radical (unpaired) electrons. The third kappa shape index (κ3) is 2.65. The van der Waals surface area contributed by atoms with Crippen molar-refractivity contribution in [2.24, 2.45) is 0 Å². The molecule has 0 aliphatic rings. The fraction of sp³-hybridized carbons (Fsp3) is 0.200. The smallest absolute Gasteiger partial charge is 0.157 e. The van der Waals surface area contributed by atoms with Crippen LogP contribution >= 0.6 is 22.7 Å². The predicted octanol–water partition coefficient (Wildman–Crippen LogP) is 3.88. The Hall–Kier alpha value is -1.56. The minimum atomic E-state index is 0.100. The molecule has 1 unspecified atom stereocenters. The van der Waals surface area contributed by atoms with Gasteiger partial charge in [0.15, 0.2) is 5.01 Å². The lowest BCUT2D eigenvalue weighted by molar-refractivity contribution is 0.678. The number of aryl methyl sites for hydroxylation is 1. The molecule has 0 saturated heterocycles. The lowest BCUT2D eigenvalue weighted by Crippen LogP contribution is -2.17. The highest BCUT2D eigenvalue weighted by molar-refractivity contribution is 7.21. The van der Waals surface area contributed by atoms with Gasteiger partial charge in [-0.1, -0.05) is 41.7 Å². The van der Waals surface area contributed by atoms with E-state index in [1.54, 1.807) is 22.7 Å². The number of aromatic nitrogens is 2. The molecule has 1 aromatic carbocycles. The first-order valence-electron chi connectivity index (χ1n) is 6.40. The zero-order chi connectivity index (χ0) is 13.9. The maximum Gasteiger partial charge on any atom is 0.157 e. The van der Waals surface area contributed by atoms with E-state index in [0.29, 0.717) is 0 Å². The Kier molecular flexibility index (Phi) is 3.91. The Morgan fingerprint density at radius 1 is 1.00 bits per heavy atom. The highest BCUT2D eigenvalue weighted by Gasteiger charge is 2.18. The molecule has 0 spiro atoms. The van der Waals surface area contributed by atoms with Crippen LogP contribution in [0.25, 0.3) is 9.88 Å². The van der Waals surface area contributed by atoms with Gasteiger partial charge in [0.05, 0.1) is 10.9 Å². The first kappa shape index (κ1) is 13.4. The van der Waals surface area contributed by atoms with Crippen LogP contribution in [0.3, 0.4) is 0 Å². The van der Waals surface area contributed by atoms with Crippen LogP contribution in [0.5, 0.6) is 0 Å². The van der Waals surface area contributed by atoms with Crippen molar-refractivity contribution in [1.82, 2.24) is 15.5 Å². The molecule has 0 aliphatic carbocycles. The van der Waals surface area contributed by atoms with E-state index in [2.05, 4.69) is 46.7 Å². The molecule has 3 nitrogen and oxygen atoms in total. The van der Waals surface area contributed by atoms with E-state index < -0.39 is 0 Å². The summed E-state index contributed by atoms with van der Waals surface area (Å²) >= 11 is 3.41. The summed E-state index contributed by atoms with van der Waals surface area (Å²) in [6.45, 7) is 2.11. The third-order valence-electron chi connectivity index (χ3n) is 3.06. The second-order valence-electron chi connectivity index (χ2n) is 4.49. The van der Waals surface area contributed by atoms with Gasteiger partial charge in [0.25, 0.3) is 0 Å². The molecule has 102 valence electrons. The Morgan fingerprint density at radius 3 is 2.45 bits per heavy atom. The van der Waals surface area contributed by atoms with Crippen LogP contribution in [0.1, 0.15) is 21.5 Å². The van der Waals surface area contributed by atoms with Crippen molar-refractivity contribution in [1.29, 1.82) is 0 Å². The SMILES string of the molecule is CNC(c1ccccc1)c1nnc(-c2ccc(C)s2)s1. The summed E-state index contributed by atoms with van der Waals surface area (Å²) in [6.07, 6.45) is 0. The van der Waals surface area contributed by atoms with Gasteiger partial charge in [0, 0.05) is 4.88 Å². The average molecular weight is 301 g/mol. The van der Waals surface area contributed by atoms with Crippen LogP contribution in [-0.2, 0) is 0 Å². The fourth-order valence-electron chi connectivity index (χ4n) is 2.08. The van der Waals surface area contributed by atoms with Crippen molar-refractivity contribution in [3.8, 4) is 9.88 Å². The minimum Gasteiger partial charge on any atom is -0.307 e. The van der Waals surface area contributed by atoms with E-state index in [1.165, 1.54) is 15.3 Å². The number of hydrogen-bond acceptors (Lipinski definition) is 5. The molecule has 3 rings (SSSR count). The second-order valence-corrected chi connectivity index (χ2v) is 6.79. The van der Waals surface area contributed by atoms with Crippen LogP contribution in [-0.4, -0.2) is 17.2 Å². The number of benzene rings is 1. The Labute approximate surface area is 126 Å². The molecule has 2 heterocycles. The van der Waals surface area contributed by atoms with Gasteiger partial charge < -0.3 is 5.32 Å². The van der Waals surface area contributed by atoms with Crippen LogP contribution in [0.15, 0.2) is 42.5 Å². The van der Waals surface area contributed by atoms with Crippen molar-refractivity contribution in [2.45, 2.75) is 13.0 Å². The quantitative estimate of drug-likeness (QED) is 0.794. The number of thiophene rings is 1. The highest BCUT2D eigenvalue weighted by atomic mass is 32.1. The molecule has 1 atom stereocenters. The molecule has 3 aromatic rings. The van der Waals surface area contributed by atoms with Crippen LogP contribution in [0.4, 0.5) is 0 Å². The molecule has 0 fully saturated rings. The van der Waals surface area contributed by atoms with Gasteiger partial charge >= 0.3 is 0 Å². The van der Waals surface area contributed by atoms with Crippen LogP contribution < -0.4 is 5.32 Å². The Bertz CT molecular complexity index is 688. The van der Waals surface area contributed by atoms with Gasteiger partial charge in [-0.3, -0.25) is 0 Å². The van der Waals surface area contributed by atoms with Gasteiger partial charge in [-0.05, 0) is 31.7 Å². The molecule has 20 heavy (non-hydrogen) atoms. The molecule has 0 saturated carbocycles. The fourth-order valence-corrected chi connectivity index (χ4v) is 3.98. The summed E-state index contributed by atoms with van der Waals surface area (Å²) in [5.74, 6) is 0. The Morgan fingerprint density at radius 2 is 1.80 bits per heavy atom. The highest BCUT2D eigenvalue weighted by Crippen LogP contribution is 2.33. The maximum atomic E-state index is 4.36. The topological polar surface area (TPSA) is 37.8 Å². The van der Waals surface area contributed by atoms with Crippen molar-refractivity contribution in [2.75, 3.05) is 7.05 Å². The normalized spacial score (nSPS) is 12.5. The second kappa shape index (κ2) is 5.83. The van der Waals surface area contributed by atoms with E-state index in [9.17, 15) is 0 Å². The van der Waals surface area contributed by atoms with Crippen LogP contribution in [0, 0.1) is 6.92 Å². The molecule has 5 heteroatoms. The molecule has 0 amide bonds. The summed E-state index contributed by atoms with van der Waals surface area (Å²) in [5.41, 5.74) is 1.21. The predicted molar refractivity (Wildman–Crippen MR) is 85.3 cm³/mol. The summed E-state index contributed by atoms with van der Waals surface area (Å²) < 4.78 is 0. The maximum absolute atomic E-state index is 4.36. The molecule has 0 bridgehead atoms. The average Bonchev–Trinajstić information content (AvgIpc) is 3.10. The number of hydrogen-bond donors (Lipinski definition) is 1. The first-order valence-corrected chi connectivity index (χ1v) is 8.03. The van der Waals surface area contributed by atoms with Crippen molar-refractivity contribution in [3.05, 3.63) is 57.9 Å². The van der Waals surface area contributed by atoms with E-state index in [0.717, 1.165) is 10.0 Å². The standard InChI is InChI=1S/C15H15N3S2/c1-10-8-9-12(19-10)14-17-18-15(20-14)13(16-2)11-6-4-3-5-7-11/h3-9,13,16H,1-2H3. The van der Waals surface area contributed by atoms with Gasteiger partial charge in [-0.25, -0.2) is 0 Å². The molecular formula is C15H15N3S2. The largest absolute Gasteiger partial charge is 0.307 e. The van der Waals surface area contributed by atoms with Gasteiger partial charge in [-0.15, -0.1) is 21.5 Å². The summed E-state index contributed by atoms with van der Waals surface area (Å²) in [4.78, 5) is 2.49. The van der Waals surface area contributed by atoms with Crippen LogP contribution in [0.2, 0.25) is 0 Å². The van der Waals surface area contributed by atoms with Gasteiger partial charge in [-0.2, -0.15) is 0 Å². The molecule has 1 N–H and O–H groups in total. The Balaban J connectivity index is 1.92. The summed E-state index contributed by atoms with van der Waals surface area (Å²) in [7, 11) is 1.95. The van der Waals surface area contributed by atoms with Crippen molar-refractivity contribution >= 4 is 22.7 Å².